The normalized spacial score (nSPS) is 18.4. The SMILES string of the molecule is O=C1CC2(CCN(C(=O)Cc3cccnc3)CC2)c2ccc(F)cc21. The van der Waals surface area contributed by atoms with Crippen LogP contribution in [0.4, 0.5) is 4.39 Å². The number of fused-ring (bicyclic) bond motifs is 2. The van der Waals surface area contributed by atoms with Gasteiger partial charge in [-0.1, -0.05) is 12.1 Å². The molecule has 1 aliphatic heterocycles. The monoisotopic (exact) mass is 338 g/mol. The Bertz CT molecular complexity index is 827. The number of likely N-dealkylation sites (tertiary alicyclic amines) is 1. The summed E-state index contributed by atoms with van der Waals surface area (Å²) in [5, 5.41) is 0. The fourth-order valence-electron chi connectivity index (χ4n) is 4.13. The maximum absolute atomic E-state index is 13.5. The van der Waals surface area contributed by atoms with E-state index in [-0.39, 0.29) is 22.9 Å². The fraction of sp³-hybridized carbons (Fsp3) is 0.350. The van der Waals surface area contributed by atoms with Gasteiger partial charge in [0.2, 0.25) is 5.91 Å². The smallest absolute Gasteiger partial charge is 0.227 e. The number of carbonyl (C=O) groups excluding carboxylic acids is 2. The predicted octanol–water partition coefficient (Wildman–Crippen LogP) is 2.91. The summed E-state index contributed by atoms with van der Waals surface area (Å²) in [5.74, 6) is -0.260. The minimum absolute atomic E-state index is 0.0182. The molecule has 1 aliphatic carbocycles. The minimum atomic E-state index is -0.367. The molecule has 0 atom stereocenters. The second-order valence-electron chi connectivity index (χ2n) is 6.99. The molecule has 0 unspecified atom stereocenters. The molecule has 0 N–H and O–H groups in total. The lowest BCUT2D eigenvalue weighted by molar-refractivity contribution is -0.132. The summed E-state index contributed by atoms with van der Waals surface area (Å²) in [6.45, 7) is 1.26. The summed E-state index contributed by atoms with van der Waals surface area (Å²) in [7, 11) is 0. The molecule has 25 heavy (non-hydrogen) atoms. The zero-order valence-corrected chi connectivity index (χ0v) is 13.9. The largest absolute Gasteiger partial charge is 0.342 e. The van der Waals surface area contributed by atoms with Crippen LogP contribution >= 0.6 is 0 Å². The average molecular weight is 338 g/mol. The molecular weight excluding hydrogens is 319 g/mol. The minimum Gasteiger partial charge on any atom is -0.342 e. The molecule has 1 spiro atoms. The van der Waals surface area contributed by atoms with E-state index < -0.39 is 0 Å². The number of carbonyl (C=O) groups is 2. The van der Waals surface area contributed by atoms with Gasteiger partial charge in [0, 0.05) is 42.9 Å². The lowest BCUT2D eigenvalue weighted by atomic mass is 9.73. The van der Waals surface area contributed by atoms with E-state index in [0.717, 1.165) is 24.0 Å². The molecule has 1 aromatic heterocycles. The summed E-state index contributed by atoms with van der Waals surface area (Å²) >= 11 is 0. The number of benzene rings is 1. The predicted molar refractivity (Wildman–Crippen MR) is 90.8 cm³/mol. The van der Waals surface area contributed by atoms with E-state index in [1.54, 1.807) is 18.5 Å². The van der Waals surface area contributed by atoms with Gasteiger partial charge in [-0.15, -0.1) is 0 Å². The van der Waals surface area contributed by atoms with Gasteiger partial charge in [0.25, 0.3) is 0 Å². The number of ketones is 1. The quantitative estimate of drug-likeness (QED) is 0.846. The van der Waals surface area contributed by atoms with Crippen molar-refractivity contribution in [2.75, 3.05) is 13.1 Å². The molecule has 2 aliphatic rings. The molecule has 0 saturated carbocycles. The summed E-state index contributed by atoms with van der Waals surface area (Å²) in [6.07, 6.45) is 5.67. The van der Waals surface area contributed by atoms with Gasteiger partial charge in [-0.3, -0.25) is 14.6 Å². The molecular formula is C20H19FN2O2. The number of pyridine rings is 1. The van der Waals surface area contributed by atoms with Crippen LogP contribution in [0, 0.1) is 5.82 Å². The molecule has 1 amide bonds. The lowest BCUT2D eigenvalue weighted by Crippen LogP contribution is -2.45. The van der Waals surface area contributed by atoms with Crippen LogP contribution in [-0.4, -0.2) is 34.7 Å². The molecule has 0 bridgehead atoms. The highest BCUT2D eigenvalue weighted by Gasteiger charge is 2.45. The van der Waals surface area contributed by atoms with Crippen LogP contribution < -0.4 is 0 Å². The van der Waals surface area contributed by atoms with E-state index in [1.807, 2.05) is 17.0 Å². The number of rotatable bonds is 2. The Kier molecular flexibility index (Phi) is 3.86. The molecule has 5 heteroatoms. The molecule has 4 nitrogen and oxygen atoms in total. The summed E-state index contributed by atoms with van der Waals surface area (Å²) in [4.78, 5) is 30.7. The second-order valence-corrected chi connectivity index (χ2v) is 6.99. The van der Waals surface area contributed by atoms with Gasteiger partial charge < -0.3 is 4.90 Å². The van der Waals surface area contributed by atoms with Gasteiger partial charge in [-0.05, 0) is 42.2 Å². The summed E-state index contributed by atoms with van der Waals surface area (Å²) < 4.78 is 13.5. The van der Waals surface area contributed by atoms with Gasteiger partial charge >= 0.3 is 0 Å². The van der Waals surface area contributed by atoms with Crippen molar-refractivity contribution in [2.24, 2.45) is 0 Å². The van der Waals surface area contributed by atoms with Gasteiger partial charge in [0.05, 0.1) is 6.42 Å². The van der Waals surface area contributed by atoms with Crippen LogP contribution in [0.25, 0.3) is 0 Å². The average Bonchev–Trinajstić information content (AvgIpc) is 2.88. The molecule has 0 radical (unpaired) electrons. The Balaban J connectivity index is 1.47. The lowest BCUT2D eigenvalue weighted by Gasteiger charge is -2.39. The maximum atomic E-state index is 13.5. The summed E-state index contributed by atoms with van der Waals surface area (Å²) in [6, 6.07) is 8.26. The third-order valence-corrected chi connectivity index (χ3v) is 5.50. The van der Waals surface area contributed by atoms with Crippen LogP contribution in [-0.2, 0) is 16.6 Å². The fourth-order valence-corrected chi connectivity index (χ4v) is 4.13. The number of Topliss-reactive ketones (excluding diaryl/α,β-unsaturated/α-hetero) is 1. The van der Waals surface area contributed by atoms with Gasteiger partial charge in [0.1, 0.15) is 5.82 Å². The molecule has 4 rings (SSSR count). The van der Waals surface area contributed by atoms with Crippen LogP contribution in [0.3, 0.4) is 0 Å². The second kappa shape index (κ2) is 6.06. The van der Waals surface area contributed by atoms with Crippen LogP contribution in [0.5, 0.6) is 0 Å². The molecule has 1 aromatic carbocycles. The Morgan fingerprint density at radius 2 is 2.04 bits per heavy atom. The van der Waals surface area contributed by atoms with E-state index >= 15 is 0 Å². The van der Waals surface area contributed by atoms with Gasteiger partial charge in [0.15, 0.2) is 5.78 Å². The van der Waals surface area contributed by atoms with E-state index in [4.69, 9.17) is 0 Å². The van der Waals surface area contributed by atoms with Crippen molar-refractivity contribution in [3.8, 4) is 0 Å². The number of aromatic nitrogens is 1. The van der Waals surface area contributed by atoms with Crippen molar-refractivity contribution in [3.63, 3.8) is 0 Å². The Morgan fingerprint density at radius 1 is 1.24 bits per heavy atom. The molecule has 2 heterocycles. The number of piperidine rings is 1. The Hall–Kier alpha value is -2.56. The van der Waals surface area contributed by atoms with Crippen LogP contribution in [0.15, 0.2) is 42.7 Å². The first-order valence-corrected chi connectivity index (χ1v) is 8.57. The van der Waals surface area contributed by atoms with Gasteiger partial charge in [-0.2, -0.15) is 0 Å². The number of nitrogens with zero attached hydrogens (tertiary/aromatic N) is 2. The van der Waals surface area contributed by atoms with E-state index in [1.165, 1.54) is 12.1 Å². The molecule has 128 valence electrons. The van der Waals surface area contributed by atoms with Crippen molar-refractivity contribution in [3.05, 3.63) is 65.2 Å². The van der Waals surface area contributed by atoms with E-state index in [2.05, 4.69) is 4.98 Å². The van der Waals surface area contributed by atoms with Crippen molar-refractivity contribution >= 4 is 11.7 Å². The topological polar surface area (TPSA) is 50.3 Å². The third-order valence-electron chi connectivity index (χ3n) is 5.50. The zero-order chi connectivity index (χ0) is 17.4. The molecule has 1 saturated heterocycles. The van der Waals surface area contributed by atoms with Crippen LogP contribution in [0.1, 0.15) is 40.7 Å². The number of halogens is 1. The highest BCUT2D eigenvalue weighted by Crippen LogP contribution is 2.46. The Morgan fingerprint density at radius 3 is 2.76 bits per heavy atom. The summed E-state index contributed by atoms with van der Waals surface area (Å²) in [5.41, 5.74) is 2.16. The van der Waals surface area contributed by atoms with Crippen LogP contribution in [0.2, 0.25) is 0 Å². The van der Waals surface area contributed by atoms with Crippen molar-refractivity contribution in [1.82, 2.24) is 9.88 Å². The van der Waals surface area contributed by atoms with Crippen molar-refractivity contribution < 1.29 is 14.0 Å². The number of amides is 1. The van der Waals surface area contributed by atoms with E-state index in [9.17, 15) is 14.0 Å². The standard InChI is InChI=1S/C20H19FN2O2/c21-15-3-4-17-16(11-15)18(24)12-20(17)5-8-23(9-6-20)19(25)10-14-2-1-7-22-13-14/h1-4,7,11,13H,5-6,8-10,12H2. The zero-order valence-electron chi connectivity index (χ0n) is 13.9. The van der Waals surface area contributed by atoms with Crippen molar-refractivity contribution in [2.45, 2.75) is 31.1 Å². The third kappa shape index (κ3) is 2.84. The Labute approximate surface area is 145 Å². The number of hydrogen-bond acceptors (Lipinski definition) is 3. The van der Waals surface area contributed by atoms with E-state index in [0.29, 0.717) is 31.5 Å². The highest BCUT2D eigenvalue weighted by atomic mass is 19.1. The maximum Gasteiger partial charge on any atom is 0.227 e. The first kappa shape index (κ1) is 15.9. The first-order valence-electron chi connectivity index (χ1n) is 8.57. The molecule has 1 fully saturated rings. The number of hydrogen-bond donors (Lipinski definition) is 0. The first-order chi connectivity index (χ1) is 12.1. The molecule has 2 aromatic rings. The van der Waals surface area contributed by atoms with Gasteiger partial charge in [-0.25, -0.2) is 4.39 Å². The van der Waals surface area contributed by atoms with Crippen molar-refractivity contribution in [1.29, 1.82) is 0 Å². The highest BCUT2D eigenvalue weighted by molar-refractivity contribution is 6.02.